The second-order valence-corrected chi connectivity index (χ2v) is 6.04. The highest BCUT2D eigenvalue weighted by atomic mass is 16.5. The van der Waals surface area contributed by atoms with Crippen LogP contribution in [-0.4, -0.2) is 17.8 Å². The Hall–Kier alpha value is -3.73. The molecule has 3 aromatic rings. The fraction of sp³-hybridized carbons (Fsp3) is 0.0455. The van der Waals surface area contributed by atoms with Crippen LogP contribution in [0.4, 0.5) is 5.69 Å². The Labute approximate surface area is 157 Å². The van der Waals surface area contributed by atoms with Crippen LogP contribution in [0.25, 0.3) is 0 Å². The fourth-order valence-corrected chi connectivity index (χ4v) is 2.75. The first-order chi connectivity index (χ1) is 13.3. The van der Waals surface area contributed by atoms with Crippen LogP contribution in [0, 0.1) is 0 Å². The van der Waals surface area contributed by atoms with Crippen molar-refractivity contribution in [2.45, 2.75) is 6.61 Å². The Morgan fingerprint density at radius 2 is 1.63 bits per heavy atom. The van der Waals surface area contributed by atoms with E-state index in [1.165, 1.54) is 0 Å². The fourth-order valence-electron chi connectivity index (χ4n) is 2.75. The number of hydrogen-bond acceptors (Lipinski definition) is 4. The Balaban J connectivity index is 1.41. The summed E-state index contributed by atoms with van der Waals surface area (Å²) in [4.78, 5) is 12.0. The van der Waals surface area contributed by atoms with E-state index in [4.69, 9.17) is 4.74 Å². The van der Waals surface area contributed by atoms with Gasteiger partial charge in [0.15, 0.2) is 5.71 Å². The molecule has 1 N–H and O–H groups in total. The number of carbonyl (C=O) groups excluding carboxylic acids is 1. The molecule has 5 heteroatoms. The van der Waals surface area contributed by atoms with Gasteiger partial charge in [-0.05, 0) is 41.5 Å². The van der Waals surface area contributed by atoms with E-state index in [0.717, 1.165) is 28.1 Å². The first kappa shape index (κ1) is 16.7. The number of para-hydroxylation sites is 1. The van der Waals surface area contributed by atoms with Gasteiger partial charge >= 0.3 is 0 Å². The molecule has 3 aromatic carbocycles. The topological polar surface area (TPSA) is 63.0 Å². The van der Waals surface area contributed by atoms with Crippen molar-refractivity contribution in [2.24, 2.45) is 10.2 Å². The number of hydrogen-bond donors (Lipinski definition) is 1. The lowest BCUT2D eigenvalue weighted by molar-refractivity contribution is -0.110. The minimum absolute atomic E-state index is 0.238. The molecule has 5 nitrogen and oxygen atoms in total. The van der Waals surface area contributed by atoms with Crippen LogP contribution < -0.4 is 10.1 Å². The third-order valence-electron chi connectivity index (χ3n) is 4.14. The molecule has 1 aliphatic heterocycles. The SMILES string of the molecule is O=C1Nc2ccccc2C1=N/N=C\c1ccc(OCc2ccccc2)cc1. The van der Waals surface area contributed by atoms with Gasteiger partial charge in [-0.15, -0.1) is 5.10 Å². The molecule has 0 radical (unpaired) electrons. The molecule has 0 aromatic heterocycles. The summed E-state index contributed by atoms with van der Waals surface area (Å²) in [5.74, 6) is 0.546. The first-order valence-electron chi connectivity index (χ1n) is 8.58. The van der Waals surface area contributed by atoms with Crippen molar-refractivity contribution in [3.8, 4) is 5.75 Å². The van der Waals surface area contributed by atoms with Crippen molar-refractivity contribution in [1.82, 2.24) is 0 Å². The highest BCUT2D eigenvalue weighted by Crippen LogP contribution is 2.22. The van der Waals surface area contributed by atoms with E-state index in [2.05, 4.69) is 15.5 Å². The minimum atomic E-state index is -0.238. The maximum Gasteiger partial charge on any atom is 0.276 e. The van der Waals surface area contributed by atoms with Crippen LogP contribution >= 0.6 is 0 Å². The van der Waals surface area contributed by atoms with Gasteiger partial charge in [-0.3, -0.25) is 4.79 Å². The number of benzene rings is 3. The first-order valence-corrected chi connectivity index (χ1v) is 8.58. The summed E-state index contributed by atoms with van der Waals surface area (Å²) in [5.41, 5.74) is 3.84. The molecule has 1 heterocycles. The third kappa shape index (κ3) is 3.93. The number of amides is 1. The predicted molar refractivity (Wildman–Crippen MR) is 106 cm³/mol. The predicted octanol–water partition coefficient (Wildman–Crippen LogP) is 4.04. The molecule has 1 amide bonds. The number of fused-ring (bicyclic) bond motifs is 1. The average molecular weight is 355 g/mol. The van der Waals surface area contributed by atoms with Crippen molar-refractivity contribution in [1.29, 1.82) is 0 Å². The highest BCUT2D eigenvalue weighted by Gasteiger charge is 2.25. The molecule has 0 saturated heterocycles. The normalized spacial score (nSPS) is 14.4. The van der Waals surface area contributed by atoms with Gasteiger partial charge in [-0.25, -0.2) is 0 Å². The number of rotatable bonds is 5. The number of nitrogens with one attached hydrogen (secondary N) is 1. The molecule has 1 aliphatic rings. The molecule has 0 aliphatic carbocycles. The van der Waals surface area contributed by atoms with Gasteiger partial charge in [-0.2, -0.15) is 5.10 Å². The number of nitrogens with zero attached hydrogens (tertiary/aromatic N) is 2. The van der Waals surface area contributed by atoms with E-state index in [1.54, 1.807) is 6.21 Å². The molecule has 0 bridgehead atoms. The van der Waals surface area contributed by atoms with Crippen molar-refractivity contribution in [3.63, 3.8) is 0 Å². The number of ether oxygens (including phenoxy) is 1. The standard InChI is InChI=1S/C22H17N3O2/c26-22-21(19-8-4-5-9-20(19)24-22)25-23-14-16-10-12-18(13-11-16)27-15-17-6-2-1-3-7-17/h1-14H,15H2,(H,24,25,26)/b23-14-. The van der Waals surface area contributed by atoms with Crippen LogP contribution in [0.1, 0.15) is 16.7 Å². The largest absolute Gasteiger partial charge is 0.489 e. The summed E-state index contributed by atoms with van der Waals surface area (Å²) < 4.78 is 5.76. The summed E-state index contributed by atoms with van der Waals surface area (Å²) >= 11 is 0. The van der Waals surface area contributed by atoms with Crippen molar-refractivity contribution in [3.05, 3.63) is 95.6 Å². The van der Waals surface area contributed by atoms with E-state index in [1.807, 2.05) is 78.9 Å². The Kier molecular flexibility index (Phi) is 4.74. The van der Waals surface area contributed by atoms with Gasteiger partial charge in [0.2, 0.25) is 0 Å². The van der Waals surface area contributed by atoms with Crippen molar-refractivity contribution < 1.29 is 9.53 Å². The molecule has 4 rings (SSSR count). The zero-order valence-corrected chi connectivity index (χ0v) is 14.5. The smallest absolute Gasteiger partial charge is 0.276 e. The van der Waals surface area contributed by atoms with Gasteiger partial charge < -0.3 is 10.1 Å². The monoisotopic (exact) mass is 355 g/mol. The molecule has 0 saturated carbocycles. The van der Waals surface area contributed by atoms with Crippen molar-refractivity contribution >= 4 is 23.5 Å². The summed E-state index contributed by atoms with van der Waals surface area (Å²) in [7, 11) is 0. The zero-order valence-electron chi connectivity index (χ0n) is 14.5. The molecule has 0 fully saturated rings. The van der Waals surface area contributed by atoms with Crippen LogP contribution in [0.3, 0.4) is 0 Å². The van der Waals surface area contributed by atoms with Crippen LogP contribution in [0.2, 0.25) is 0 Å². The van der Waals surface area contributed by atoms with E-state index >= 15 is 0 Å². The van der Waals surface area contributed by atoms with E-state index in [-0.39, 0.29) is 5.91 Å². The van der Waals surface area contributed by atoms with E-state index < -0.39 is 0 Å². The molecule has 27 heavy (non-hydrogen) atoms. The van der Waals surface area contributed by atoms with E-state index in [9.17, 15) is 4.79 Å². The van der Waals surface area contributed by atoms with Crippen LogP contribution in [0.5, 0.6) is 5.75 Å². The van der Waals surface area contributed by atoms with Gasteiger partial charge in [-0.1, -0.05) is 48.5 Å². The number of anilines is 1. The molecule has 0 unspecified atom stereocenters. The molecule has 0 spiro atoms. The van der Waals surface area contributed by atoms with Gasteiger partial charge in [0.25, 0.3) is 5.91 Å². The number of carbonyl (C=O) groups is 1. The van der Waals surface area contributed by atoms with Gasteiger partial charge in [0.05, 0.1) is 11.9 Å². The maximum atomic E-state index is 12.0. The van der Waals surface area contributed by atoms with Crippen LogP contribution in [0.15, 0.2) is 89.1 Å². The lowest BCUT2D eigenvalue weighted by Gasteiger charge is -2.06. The molecule has 132 valence electrons. The second kappa shape index (κ2) is 7.66. The molecular weight excluding hydrogens is 338 g/mol. The summed E-state index contributed by atoms with van der Waals surface area (Å²) in [6.07, 6.45) is 1.61. The van der Waals surface area contributed by atoms with Gasteiger partial charge in [0, 0.05) is 5.56 Å². The average Bonchev–Trinajstić information content (AvgIpc) is 3.03. The summed E-state index contributed by atoms with van der Waals surface area (Å²) in [5, 5.41) is 10.9. The zero-order chi connectivity index (χ0) is 18.5. The van der Waals surface area contributed by atoms with Crippen LogP contribution in [-0.2, 0) is 11.4 Å². The lowest BCUT2D eigenvalue weighted by Crippen LogP contribution is -2.13. The summed E-state index contributed by atoms with van der Waals surface area (Å²) in [6.45, 7) is 0.524. The maximum absolute atomic E-state index is 12.0. The van der Waals surface area contributed by atoms with Gasteiger partial charge in [0.1, 0.15) is 12.4 Å². The lowest BCUT2D eigenvalue weighted by atomic mass is 10.1. The molecule has 0 atom stereocenters. The minimum Gasteiger partial charge on any atom is -0.489 e. The second-order valence-electron chi connectivity index (χ2n) is 6.04. The summed E-state index contributed by atoms with van der Waals surface area (Å²) in [6, 6.07) is 25.0. The highest BCUT2D eigenvalue weighted by molar-refractivity contribution is 6.53. The third-order valence-corrected chi connectivity index (χ3v) is 4.14. The Morgan fingerprint density at radius 3 is 2.44 bits per heavy atom. The molecular formula is C22H17N3O2. The van der Waals surface area contributed by atoms with E-state index in [0.29, 0.717) is 12.3 Å². The Morgan fingerprint density at radius 1 is 0.889 bits per heavy atom. The van der Waals surface area contributed by atoms with Crippen molar-refractivity contribution in [2.75, 3.05) is 5.32 Å². The Bertz CT molecular complexity index is 1010. The quantitative estimate of drug-likeness (QED) is 0.554.